The summed E-state index contributed by atoms with van der Waals surface area (Å²) in [4.78, 5) is 0. The molecule has 0 rings (SSSR count). The zero-order chi connectivity index (χ0) is 13.3. The number of hydrogen-bond acceptors (Lipinski definition) is 0. The van der Waals surface area contributed by atoms with E-state index >= 15 is 0 Å². The van der Waals surface area contributed by atoms with Crippen molar-refractivity contribution in [3.8, 4) is 0 Å². The van der Waals surface area contributed by atoms with Gasteiger partial charge in [-0.05, 0) is 25.7 Å². The molecule has 0 saturated carbocycles. The summed E-state index contributed by atoms with van der Waals surface area (Å²) in [6.07, 6.45) is 26.5. The van der Waals surface area contributed by atoms with E-state index in [0.717, 1.165) is 0 Å². The number of rotatable bonds is 12. The molecule has 104 valence electrons. The van der Waals surface area contributed by atoms with Crippen molar-refractivity contribution in [3.63, 3.8) is 0 Å². The summed E-state index contributed by atoms with van der Waals surface area (Å²) in [5.41, 5.74) is 0. The van der Waals surface area contributed by atoms with Crippen LogP contribution in [-0.2, 0) is 0 Å². The predicted octanol–water partition coefficient (Wildman–Crippen LogP) is 6.60. The Morgan fingerprint density at radius 1 is 0.500 bits per heavy atom. The summed E-state index contributed by atoms with van der Waals surface area (Å²) in [6.45, 7) is 4.51. The Hall–Kier alpha value is -0.780. The third-order valence-corrected chi connectivity index (χ3v) is 3.05. The van der Waals surface area contributed by atoms with E-state index in [1.807, 2.05) is 0 Å². The zero-order valence-corrected chi connectivity index (χ0v) is 12.5. The Labute approximate surface area is 115 Å². The fraction of sp³-hybridized carbons (Fsp3) is 0.667. The summed E-state index contributed by atoms with van der Waals surface area (Å²) in [5.74, 6) is 0. The smallest absolute Gasteiger partial charge is 0.0348 e. The lowest BCUT2D eigenvalue weighted by atomic mass is 10.1. The summed E-state index contributed by atoms with van der Waals surface area (Å²) in [5, 5.41) is 0. The molecule has 0 aromatic carbocycles. The molecule has 0 N–H and O–H groups in total. The molecule has 0 heterocycles. The molecule has 0 aromatic heterocycles. The Kier molecular flexibility index (Phi) is 15.5. The minimum absolute atomic E-state index is 1.23. The van der Waals surface area contributed by atoms with Gasteiger partial charge in [0.15, 0.2) is 0 Å². The standard InChI is InChI=1S/C18H32/c1-3-5-7-9-11-13-15-17-18-16-14-12-10-8-6-4-2/h13-18H,3-12H2,1-2H3/b15-13+,16-14+,18-17-. The molecule has 18 heavy (non-hydrogen) atoms. The minimum atomic E-state index is 1.23. The van der Waals surface area contributed by atoms with Gasteiger partial charge in [-0.1, -0.05) is 88.8 Å². The van der Waals surface area contributed by atoms with E-state index < -0.39 is 0 Å². The van der Waals surface area contributed by atoms with Crippen LogP contribution in [0.1, 0.15) is 78.1 Å². The van der Waals surface area contributed by atoms with Gasteiger partial charge in [-0.25, -0.2) is 0 Å². The van der Waals surface area contributed by atoms with Gasteiger partial charge in [0.25, 0.3) is 0 Å². The van der Waals surface area contributed by atoms with Crippen LogP contribution in [0.5, 0.6) is 0 Å². The van der Waals surface area contributed by atoms with E-state index in [1.165, 1.54) is 64.2 Å². The van der Waals surface area contributed by atoms with Gasteiger partial charge >= 0.3 is 0 Å². The van der Waals surface area contributed by atoms with Gasteiger partial charge in [-0.15, -0.1) is 0 Å². The van der Waals surface area contributed by atoms with Crippen LogP contribution in [0.25, 0.3) is 0 Å². The van der Waals surface area contributed by atoms with Crippen LogP contribution in [0.3, 0.4) is 0 Å². The zero-order valence-electron chi connectivity index (χ0n) is 12.5. The van der Waals surface area contributed by atoms with E-state index in [9.17, 15) is 0 Å². The lowest BCUT2D eigenvalue weighted by molar-refractivity contribution is 0.674. The van der Waals surface area contributed by atoms with Crippen LogP contribution in [0, 0.1) is 0 Å². The second kappa shape index (κ2) is 16.2. The Balaban J connectivity index is 3.30. The van der Waals surface area contributed by atoms with Crippen LogP contribution < -0.4 is 0 Å². The molecule has 0 radical (unpaired) electrons. The molecule has 0 saturated heterocycles. The Bertz CT molecular complexity index is 196. The van der Waals surface area contributed by atoms with Crippen LogP contribution in [-0.4, -0.2) is 0 Å². The van der Waals surface area contributed by atoms with Gasteiger partial charge < -0.3 is 0 Å². The highest BCUT2D eigenvalue weighted by molar-refractivity contribution is 5.10. The van der Waals surface area contributed by atoms with Crippen molar-refractivity contribution in [3.05, 3.63) is 36.5 Å². The first-order valence-electron chi connectivity index (χ1n) is 7.90. The van der Waals surface area contributed by atoms with Crippen molar-refractivity contribution in [1.29, 1.82) is 0 Å². The maximum absolute atomic E-state index is 2.28. The molecule has 0 spiro atoms. The van der Waals surface area contributed by atoms with Crippen molar-refractivity contribution < 1.29 is 0 Å². The maximum Gasteiger partial charge on any atom is -0.0348 e. The molecule has 0 aliphatic carbocycles. The number of hydrogen-bond donors (Lipinski definition) is 0. The van der Waals surface area contributed by atoms with Crippen molar-refractivity contribution in [2.45, 2.75) is 78.1 Å². The molecule has 0 nitrogen and oxygen atoms in total. The highest BCUT2D eigenvalue weighted by Crippen LogP contribution is 2.03. The summed E-state index contributed by atoms with van der Waals surface area (Å²) in [6, 6.07) is 0. The van der Waals surface area contributed by atoms with E-state index in [1.54, 1.807) is 0 Å². The van der Waals surface area contributed by atoms with E-state index in [0.29, 0.717) is 0 Å². The summed E-state index contributed by atoms with van der Waals surface area (Å²) in [7, 11) is 0. The normalized spacial score (nSPS) is 12.3. The largest absolute Gasteiger partial charge is 0.0845 e. The van der Waals surface area contributed by atoms with Crippen LogP contribution >= 0.6 is 0 Å². The Morgan fingerprint density at radius 3 is 1.33 bits per heavy atom. The average Bonchev–Trinajstić information content (AvgIpc) is 2.39. The number of allylic oxidation sites excluding steroid dienone is 6. The summed E-state index contributed by atoms with van der Waals surface area (Å²) >= 11 is 0. The van der Waals surface area contributed by atoms with E-state index in [4.69, 9.17) is 0 Å². The van der Waals surface area contributed by atoms with Crippen LogP contribution in [0.15, 0.2) is 36.5 Å². The molecule has 0 unspecified atom stereocenters. The third-order valence-electron chi connectivity index (χ3n) is 3.05. The minimum Gasteiger partial charge on any atom is -0.0845 e. The molecule has 0 bridgehead atoms. The molecular weight excluding hydrogens is 216 g/mol. The topological polar surface area (TPSA) is 0 Å². The van der Waals surface area contributed by atoms with Crippen molar-refractivity contribution >= 4 is 0 Å². The first-order valence-corrected chi connectivity index (χ1v) is 7.90. The highest BCUT2D eigenvalue weighted by atomic mass is 13.9. The first kappa shape index (κ1) is 17.2. The number of unbranched alkanes of at least 4 members (excludes halogenated alkanes) is 8. The van der Waals surface area contributed by atoms with Gasteiger partial charge in [-0.3, -0.25) is 0 Å². The van der Waals surface area contributed by atoms with Gasteiger partial charge in [-0.2, -0.15) is 0 Å². The van der Waals surface area contributed by atoms with Gasteiger partial charge in [0.2, 0.25) is 0 Å². The molecule has 0 atom stereocenters. The highest BCUT2D eigenvalue weighted by Gasteiger charge is 1.84. The molecule has 0 amide bonds. The van der Waals surface area contributed by atoms with E-state index in [-0.39, 0.29) is 0 Å². The predicted molar refractivity (Wildman–Crippen MR) is 84.9 cm³/mol. The lowest BCUT2D eigenvalue weighted by Gasteiger charge is -1.93. The third kappa shape index (κ3) is 15.2. The molecule has 0 aromatic rings. The van der Waals surface area contributed by atoms with Gasteiger partial charge in [0.05, 0.1) is 0 Å². The first-order chi connectivity index (χ1) is 8.91. The molecule has 0 fully saturated rings. The SMILES string of the molecule is CCCCCC/C=C/C=C\C=C\CCCCCC. The molecule has 0 aliphatic heterocycles. The molecule has 0 aliphatic rings. The quantitative estimate of drug-likeness (QED) is 0.270. The molecule has 0 heteroatoms. The van der Waals surface area contributed by atoms with Crippen LogP contribution in [0.4, 0.5) is 0 Å². The maximum atomic E-state index is 2.28. The fourth-order valence-corrected chi connectivity index (χ4v) is 1.86. The van der Waals surface area contributed by atoms with Crippen molar-refractivity contribution in [2.24, 2.45) is 0 Å². The average molecular weight is 248 g/mol. The Morgan fingerprint density at radius 2 is 0.944 bits per heavy atom. The second-order valence-corrected chi connectivity index (χ2v) is 4.94. The molecular formula is C18H32. The second-order valence-electron chi connectivity index (χ2n) is 4.94. The monoisotopic (exact) mass is 248 g/mol. The van der Waals surface area contributed by atoms with Crippen LogP contribution in [0.2, 0.25) is 0 Å². The lowest BCUT2D eigenvalue weighted by Crippen LogP contribution is -1.73. The fourth-order valence-electron chi connectivity index (χ4n) is 1.86. The van der Waals surface area contributed by atoms with E-state index in [2.05, 4.69) is 50.3 Å². The van der Waals surface area contributed by atoms with Gasteiger partial charge in [0, 0.05) is 0 Å². The van der Waals surface area contributed by atoms with Crippen molar-refractivity contribution in [1.82, 2.24) is 0 Å². The summed E-state index contributed by atoms with van der Waals surface area (Å²) < 4.78 is 0. The van der Waals surface area contributed by atoms with Gasteiger partial charge in [0.1, 0.15) is 0 Å². The van der Waals surface area contributed by atoms with Crippen molar-refractivity contribution in [2.75, 3.05) is 0 Å².